The molecular formula is C16H10ClN3. The number of halogens is 1. The van der Waals surface area contributed by atoms with Crippen molar-refractivity contribution < 1.29 is 0 Å². The molecule has 96 valence electrons. The number of benzene rings is 2. The van der Waals surface area contributed by atoms with Crippen molar-refractivity contribution in [2.75, 3.05) is 0 Å². The highest BCUT2D eigenvalue weighted by Crippen LogP contribution is 2.25. The maximum absolute atomic E-state index is 9.17. The van der Waals surface area contributed by atoms with Crippen LogP contribution in [0.4, 0.5) is 0 Å². The Morgan fingerprint density at radius 3 is 2.50 bits per heavy atom. The van der Waals surface area contributed by atoms with Crippen LogP contribution in [-0.4, -0.2) is 9.97 Å². The molecule has 0 aliphatic carbocycles. The molecule has 1 heterocycles. The van der Waals surface area contributed by atoms with E-state index in [9.17, 15) is 0 Å². The maximum Gasteiger partial charge on any atom is 0.107 e. The SMILES string of the molecule is Cc1nc2cccc(C#N)c2nc1-c1ccc(Cl)cc1. The van der Waals surface area contributed by atoms with E-state index in [1.165, 1.54) is 0 Å². The van der Waals surface area contributed by atoms with Gasteiger partial charge in [0.1, 0.15) is 11.6 Å². The third kappa shape index (κ3) is 2.11. The van der Waals surface area contributed by atoms with E-state index in [1.54, 1.807) is 6.07 Å². The summed E-state index contributed by atoms with van der Waals surface area (Å²) in [6.45, 7) is 1.91. The zero-order valence-corrected chi connectivity index (χ0v) is 11.5. The van der Waals surface area contributed by atoms with Crippen LogP contribution in [0.1, 0.15) is 11.3 Å². The summed E-state index contributed by atoms with van der Waals surface area (Å²) >= 11 is 5.90. The van der Waals surface area contributed by atoms with Crippen molar-refractivity contribution in [1.82, 2.24) is 9.97 Å². The molecule has 0 radical (unpaired) electrons. The van der Waals surface area contributed by atoms with Gasteiger partial charge in [0.15, 0.2) is 0 Å². The predicted molar refractivity (Wildman–Crippen MR) is 79.4 cm³/mol. The highest BCUT2D eigenvalue weighted by Gasteiger charge is 2.10. The first-order valence-electron chi connectivity index (χ1n) is 6.12. The maximum atomic E-state index is 9.17. The van der Waals surface area contributed by atoms with E-state index in [0.717, 1.165) is 22.5 Å². The Morgan fingerprint density at radius 1 is 1.05 bits per heavy atom. The molecule has 0 bridgehead atoms. The molecule has 1 aromatic heterocycles. The van der Waals surface area contributed by atoms with E-state index in [2.05, 4.69) is 16.0 Å². The van der Waals surface area contributed by atoms with Gasteiger partial charge in [0, 0.05) is 10.6 Å². The molecule has 20 heavy (non-hydrogen) atoms. The number of aryl methyl sites for hydroxylation is 1. The molecule has 0 aliphatic heterocycles. The second-order valence-electron chi connectivity index (χ2n) is 4.45. The van der Waals surface area contributed by atoms with Crippen molar-refractivity contribution in [3.63, 3.8) is 0 Å². The van der Waals surface area contributed by atoms with Crippen LogP contribution in [0, 0.1) is 18.3 Å². The van der Waals surface area contributed by atoms with Gasteiger partial charge in [-0.3, -0.25) is 0 Å². The zero-order valence-electron chi connectivity index (χ0n) is 10.8. The molecule has 4 heteroatoms. The Labute approximate surface area is 121 Å². The first-order valence-corrected chi connectivity index (χ1v) is 6.50. The lowest BCUT2D eigenvalue weighted by Crippen LogP contribution is -1.96. The minimum absolute atomic E-state index is 0.533. The summed E-state index contributed by atoms with van der Waals surface area (Å²) < 4.78 is 0. The summed E-state index contributed by atoms with van der Waals surface area (Å²) in [5, 5.41) is 9.85. The molecule has 3 nitrogen and oxygen atoms in total. The van der Waals surface area contributed by atoms with Crippen LogP contribution in [0.15, 0.2) is 42.5 Å². The normalized spacial score (nSPS) is 10.4. The number of para-hydroxylation sites is 1. The van der Waals surface area contributed by atoms with Gasteiger partial charge in [-0.2, -0.15) is 5.26 Å². The summed E-state index contributed by atoms with van der Waals surface area (Å²) in [7, 11) is 0. The monoisotopic (exact) mass is 279 g/mol. The number of nitrogens with zero attached hydrogens (tertiary/aromatic N) is 3. The fourth-order valence-corrected chi connectivity index (χ4v) is 2.26. The van der Waals surface area contributed by atoms with Crippen molar-refractivity contribution in [2.24, 2.45) is 0 Å². The molecule has 3 rings (SSSR count). The van der Waals surface area contributed by atoms with Gasteiger partial charge in [-0.25, -0.2) is 9.97 Å². The number of aromatic nitrogens is 2. The van der Waals surface area contributed by atoms with Crippen LogP contribution in [-0.2, 0) is 0 Å². The summed E-state index contributed by atoms with van der Waals surface area (Å²) in [6.07, 6.45) is 0. The van der Waals surface area contributed by atoms with Crippen LogP contribution in [0.25, 0.3) is 22.3 Å². The zero-order chi connectivity index (χ0) is 14.1. The second-order valence-corrected chi connectivity index (χ2v) is 4.89. The quantitative estimate of drug-likeness (QED) is 0.673. The Kier molecular flexibility index (Phi) is 3.09. The predicted octanol–water partition coefficient (Wildman–Crippen LogP) is 4.13. The molecule has 0 fully saturated rings. The lowest BCUT2D eigenvalue weighted by atomic mass is 10.1. The van der Waals surface area contributed by atoms with Gasteiger partial charge >= 0.3 is 0 Å². The van der Waals surface area contributed by atoms with E-state index in [4.69, 9.17) is 16.9 Å². The number of rotatable bonds is 1. The fourth-order valence-electron chi connectivity index (χ4n) is 2.14. The standard InChI is InChI=1S/C16H10ClN3/c1-10-15(11-5-7-13(17)8-6-11)20-16-12(9-18)3-2-4-14(16)19-10/h2-8H,1H3. The highest BCUT2D eigenvalue weighted by atomic mass is 35.5. The van der Waals surface area contributed by atoms with Crippen molar-refractivity contribution in [3.05, 3.63) is 58.7 Å². The summed E-state index contributed by atoms with van der Waals surface area (Å²) in [6, 6.07) is 15.0. The lowest BCUT2D eigenvalue weighted by molar-refractivity contribution is 1.19. The average Bonchev–Trinajstić information content (AvgIpc) is 2.47. The van der Waals surface area contributed by atoms with Gasteiger partial charge in [-0.15, -0.1) is 0 Å². The van der Waals surface area contributed by atoms with E-state index >= 15 is 0 Å². The molecule has 3 aromatic rings. The van der Waals surface area contributed by atoms with E-state index in [0.29, 0.717) is 16.1 Å². The first-order chi connectivity index (χ1) is 9.69. The van der Waals surface area contributed by atoms with Crippen LogP contribution >= 0.6 is 11.6 Å². The summed E-state index contributed by atoms with van der Waals surface area (Å²) in [4.78, 5) is 9.15. The van der Waals surface area contributed by atoms with Crippen molar-refractivity contribution in [3.8, 4) is 17.3 Å². The Balaban J connectivity index is 2.29. The van der Waals surface area contributed by atoms with Crippen LogP contribution in [0.3, 0.4) is 0 Å². The van der Waals surface area contributed by atoms with Crippen molar-refractivity contribution in [2.45, 2.75) is 6.92 Å². The topological polar surface area (TPSA) is 49.6 Å². The second kappa shape index (κ2) is 4.92. The molecule has 0 unspecified atom stereocenters. The van der Waals surface area contributed by atoms with Crippen LogP contribution < -0.4 is 0 Å². The minimum Gasteiger partial charge on any atom is -0.249 e. The molecule has 0 saturated heterocycles. The van der Waals surface area contributed by atoms with Gasteiger partial charge in [0.05, 0.1) is 22.5 Å². The molecule has 0 saturated carbocycles. The Bertz CT molecular complexity index is 833. The van der Waals surface area contributed by atoms with E-state index in [1.807, 2.05) is 43.3 Å². The van der Waals surface area contributed by atoms with Gasteiger partial charge in [0.25, 0.3) is 0 Å². The van der Waals surface area contributed by atoms with Gasteiger partial charge in [-0.1, -0.05) is 29.8 Å². The van der Waals surface area contributed by atoms with Crippen LogP contribution in [0.5, 0.6) is 0 Å². The van der Waals surface area contributed by atoms with Crippen molar-refractivity contribution in [1.29, 1.82) is 5.26 Å². The molecule has 2 aromatic carbocycles. The fraction of sp³-hybridized carbons (Fsp3) is 0.0625. The Morgan fingerprint density at radius 2 is 1.80 bits per heavy atom. The van der Waals surface area contributed by atoms with Gasteiger partial charge in [-0.05, 0) is 31.2 Å². The molecule has 0 N–H and O–H groups in total. The molecule has 0 spiro atoms. The first kappa shape index (κ1) is 12.6. The molecule has 0 aliphatic rings. The molecule has 0 atom stereocenters. The third-order valence-electron chi connectivity index (χ3n) is 3.11. The highest BCUT2D eigenvalue weighted by molar-refractivity contribution is 6.30. The van der Waals surface area contributed by atoms with Crippen LogP contribution in [0.2, 0.25) is 5.02 Å². The Hall–Kier alpha value is -2.44. The summed E-state index contributed by atoms with van der Waals surface area (Å²) in [5.41, 5.74) is 4.44. The lowest BCUT2D eigenvalue weighted by Gasteiger charge is -2.07. The summed E-state index contributed by atoms with van der Waals surface area (Å²) in [5.74, 6) is 0. The molecule has 0 amide bonds. The van der Waals surface area contributed by atoms with E-state index in [-0.39, 0.29) is 0 Å². The van der Waals surface area contributed by atoms with Gasteiger partial charge < -0.3 is 0 Å². The smallest absolute Gasteiger partial charge is 0.107 e. The largest absolute Gasteiger partial charge is 0.249 e. The number of fused-ring (bicyclic) bond motifs is 1. The van der Waals surface area contributed by atoms with Crippen molar-refractivity contribution >= 4 is 22.6 Å². The van der Waals surface area contributed by atoms with E-state index < -0.39 is 0 Å². The average molecular weight is 280 g/mol. The minimum atomic E-state index is 0.533. The number of nitriles is 1. The molecular weight excluding hydrogens is 270 g/mol. The number of hydrogen-bond acceptors (Lipinski definition) is 3. The van der Waals surface area contributed by atoms with Gasteiger partial charge in [0.2, 0.25) is 0 Å². The number of hydrogen-bond donors (Lipinski definition) is 0. The third-order valence-corrected chi connectivity index (χ3v) is 3.36.